The van der Waals surface area contributed by atoms with Crippen molar-refractivity contribution in [3.63, 3.8) is 0 Å². The number of nitrogens with zero attached hydrogens (tertiary/aromatic N) is 2. The summed E-state index contributed by atoms with van der Waals surface area (Å²) in [6, 6.07) is 2.11. The maximum absolute atomic E-state index is 12.5. The van der Waals surface area contributed by atoms with E-state index in [1.165, 1.54) is 0 Å². The molecule has 1 unspecified atom stereocenters. The Morgan fingerprint density at radius 3 is 2.76 bits per heavy atom. The van der Waals surface area contributed by atoms with E-state index in [4.69, 9.17) is 5.26 Å². The molecule has 1 heterocycles. The van der Waals surface area contributed by atoms with Crippen molar-refractivity contribution in [3.05, 3.63) is 0 Å². The van der Waals surface area contributed by atoms with Gasteiger partial charge in [0.2, 0.25) is 5.91 Å². The summed E-state index contributed by atoms with van der Waals surface area (Å²) in [4.78, 5) is 14.4. The van der Waals surface area contributed by atoms with Crippen molar-refractivity contribution in [2.24, 2.45) is 0 Å². The van der Waals surface area contributed by atoms with Gasteiger partial charge in [-0.1, -0.05) is 13.3 Å². The lowest BCUT2D eigenvalue weighted by Gasteiger charge is -2.33. The molecular formula is C13H23N3O. The van der Waals surface area contributed by atoms with Crippen LogP contribution in [0.15, 0.2) is 0 Å². The van der Waals surface area contributed by atoms with Crippen molar-refractivity contribution < 1.29 is 4.79 Å². The van der Waals surface area contributed by atoms with Gasteiger partial charge in [-0.25, -0.2) is 0 Å². The Balaban J connectivity index is 2.72. The van der Waals surface area contributed by atoms with E-state index >= 15 is 0 Å². The van der Waals surface area contributed by atoms with Crippen LogP contribution in [0.2, 0.25) is 0 Å². The quantitative estimate of drug-likeness (QED) is 0.764. The molecule has 0 spiro atoms. The standard InChI is InChI=1S/C13H23N3O/c1-3-7-13(8-5-10-15-13)12(17)16(4-2)11-6-9-14/h15H,3-8,10-11H2,1-2H3. The van der Waals surface area contributed by atoms with Crippen LogP contribution in [0.5, 0.6) is 0 Å². The van der Waals surface area contributed by atoms with Crippen molar-refractivity contribution >= 4 is 5.91 Å². The van der Waals surface area contributed by atoms with Crippen molar-refractivity contribution in [3.8, 4) is 6.07 Å². The van der Waals surface area contributed by atoms with E-state index < -0.39 is 0 Å². The molecule has 1 amide bonds. The number of nitriles is 1. The maximum Gasteiger partial charge on any atom is 0.242 e. The normalized spacial score (nSPS) is 23.4. The lowest BCUT2D eigenvalue weighted by molar-refractivity contribution is -0.138. The van der Waals surface area contributed by atoms with Gasteiger partial charge in [-0.05, 0) is 32.7 Å². The predicted molar refractivity (Wildman–Crippen MR) is 67.4 cm³/mol. The van der Waals surface area contributed by atoms with Gasteiger partial charge in [-0.15, -0.1) is 0 Å². The van der Waals surface area contributed by atoms with Crippen LogP contribution in [0.25, 0.3) is 0 Å². The number of carbonyl (C=O) groups is 1. The second-order valence-electron chi connectivity index (χ2n) is 4.66. The predicted octanol–water partition coefficient (Wildman–Crippen LogP) is 1.67. The molecule has 0 aliphatic carbocycles. The highest BCUT2D eigenvalue weighted by atomic mass is 16.2. The molecule has 1 saturated heterocycles. The Hall–Kier alpha value is -1.08. The molecule has 96 valence electrons. The smallest absolute Gasteiger partial charge is 0.242 e. The molecule has 1 fully saturated rings. The van der Waals surface area contributed by atoms with Gasteiger partial charge in [-0.3, -0.25) is 4.79 Å². The molecular weight excluding hydrogens is 214 g/mol. The zero-order chi connectivity index (χ0) is 12.7. The van der Waals surface area contributed by atoms with E-state index in [1.807, 2.05) is 11.8 Å². The fraction of sp³-hybridized carbons (Fsp3) is 0.846. The molecule has 0 radical (unpaired) electrons. The van der Waals surface area contributed by atoms with E-state index in [0.717, 1.165) is 32.2 Å². The summed E-state index contributed by atoms with van der Waals surface area (Å²) in [6.45, 7) is 6.26. The zero-order valence-electron chi connectivity index (χ0n) is 11.0. The number of likely N-dealkylation sites (N-methyl/N-ethyl adjacent to an activating group) is 1. The van der Waals surface area contributed by atoms with Gasteiger partial charge in [0.25, 0.3) is 0 Å². The highest BCUT2D eigenvalue weighted by Crippen LogP contribution is 2.27. The molecule has 4 heteroatoms. The van der Waals surface area contributed by atoms with Gasteiger partial charge >= 0.3 is 0 Å². The number of amides is 1. The Kier molecular flexibility index (Phi) is 5.43. The molecule has 17 heavy (non-hydrogen) atoms. The second kappa shape index (κ2) is 6.61. The Morgan fingerprint density at radius 1 is 1.53 bits per heavy atom. The van der Waals surface area contributed by atoms with Gasteiger partial charge in [0.15, 0.2) is 0 Å². The zero-order valence-corrected chi connectivity index (χ0v) is 11.0. The van der Waals surface area contributed by atoms with E-state index in [0.29, 0.717) is 19.5 Å². The van der Waals surface area contributed by atoms with Crippen molar-refractivity contribution in [2.75, 3.05) is 19.6 Å². The molecule has 1 aliphatic rings. The second-order valence-corrected chi connectivity index (χ2v) is 4.66. The Bertz CT molecular complexity index is 290. The summed E-state index contributed by atoms with van der Waals surface area (Å²) in [5.41, 5.74) is -0.347. The minimum absolute atomic E-state index is 0.189. The summed E-state index contributed by atoms with van der Waals surface area (Å²) in [7, 11) is 0. The highest BCUT2D eigenvalue weighted by Gasteiger charge is 2.41. The first-order chi connectivity index (χ1) is 8.20. The topological polar surface area (TPSA) is 56.1 Å². The van der Waals surface area contributed by atoms with E-state index in [1.54, 1.807) is 0 Å². The molecule has 1 N–H and O–H groups in total. The van der Waals surface area contributed by atoms with Crippen LogP contribution in [0, 0.1) is 11.3 Å². The number of hydrogen-bond donors (Lipinski definition) is 1. The third-order valence-corrected chi connectivity index (χ3v) is 3.49. The summed E-state index contributed by atoms with van der Waals surface area (Å²) in [5, 5.41) is 12.0. The van der Waals surface area contributed by atoms with Crippen LogP contribution < -0.4 is 5.32 Å². The third-order valence-electron chi connectivity index (χ3n) is 3.49. The lowest BCUT2D eigenvalue weighted by atomic mass is 9.90. The summed E-state index contributed by atoms with van der Waals surface area (Å²) in [5.74, 6) is 0.189. The average molecular weight is 237 g/mol. The number of hydrogen-bond acceptors (Lipinski definition) is 3. The molecule has 0 aromatic heterocycles. The van der Waals surface area contributed by atoms with Crippen LogP contribution in [-0.4, -0.2) is 36.0 Å². The molecule has 0 aromatic rings. The Morgan fingerprint density at radius 2 is 2.29 bits per heavy atom. The molecule has 4 nitrogen and oxygen atoms in total. The number of carbonyl (C=O) groups excluding carboxylic acids is 1. The van der Waals surface area contributed by atoms with E-state index in [2.05, 4.69) is 18.3 Å². The van der Waals surface area contributed by atoms with Gasteiger partial charge in [0.1, 0.15) is 0 Å². The van der Waals surface area contributed by atoms with Crippen LogP contribution in [-0.2, 0) is 4.79 Å². The van der Waals surface area contributed by atoms with Crippen LogP contribution in [0.1, 0.15) is 46.0 Å². The highest BCUT2D eigenvalue weighted by molar-refractivity contribution is 5.86. The van der Waals surface area contributed by atoms with Crippen LogP contribution in [0.3, 0.4) is 0 Å². The average Bonchev–Trinajstić information content (AvgIpc) is 2.80. The first-order valence-corrected chi connectivity index (χ1v) is 6.61. The fourth-order valence-electron chi connectivity index (χ4n) is 2.63. The Labute approximate surface area is 104 Å². The summed E-state index contributed by atoms with van der Waals surface area (Å²) in [6.07, 6.45) is 4.33. The van der Waals surface area contributed by atoms with Gasteiger partial charge < -0.3 is 10.2 Å². The maximum atomic E-state index is 12.5. The summed E-state index contributed by atoms with van der Waals surface area (Å²) < 4.78 is 0. The molecule has 0 aromatic carbocycles. The van der Waals surface area contributed by atoms with Crippen LogP contribution in [0.4, 0.5) is 0 Å². The number of nitrogens with one attached hydrogen (secondary N) is 1. The van der Waals surface area contributed by atoms with Crippen molar-refractivity contribution in [1.82, 2.24) is 10.2 Å². The summed E-state index contributed by atoms with van der Waals surface area (Å²) >= 11 is 0. The minimum atomic E-state index is -0.347. The first-order valence-electron chi connectivity index (χ1n) is 6.61. The number of rotatable bonds is 6. The fourth-order valence-corrected chi connectivity index (χ4v) is 2.63. The van der Waals surface area contributed by atoms with Crippen LogP contribution >= 0.6 is 0 Å². The van der Waals surface area contributed by atoms with Crippen molar-refractivity contribution in [2.45, 2.75) is 51.5 Å². The van der Waals surface area contributed by atoms with Crippen molar-refractivity contribution in [1.29, 1.82) is 5.26 Å². The monoisotopic (exact) mass is 237 g/mol. The van der Waals surface area contributed by atoms with Gasteiger partial charge in [-0.2, -0.15) is 5.26 Å². The lowest BCUT2D eigenvalue weighted by Crippen LogP contribution is -2.55. The van der Waals surface area contributed by atoms with E-state index in [9.17, 15) is 4.79 Å². The van der Waals surface area contributed by atoms with Gasteiger partial charge in [0, 0.05) is 13.1 Å². The molecule has 1 rings (SSSR count). The molecule has 0 saturated carbocycles. The third kappa shape index (κ3) is 3.19. The van der Waals surface area contributed by atoms with Gasteiger partial charge in [0.05, 0.1) is 18.0 Å². The molecule has 1 atom stereocenters. The SMILES string of the molecule is CCCC1(C(=O)N(CC)CCC#N)CCCN1. The largest absolute Gasteiger partial charge is 0.340 e. The molecule has 0 bridgehead atoms. The minimum Gasteiger partial charge on any atom is -0.340 e. The molecule has 1 aliphatic heterocycles. The van der Waals surface area contributed by atoms with E-state index in [-0.39, 0.29) is 11.4 Å². The first kappa shape index (κ1) is 14.0.